The fourth-order valence-electron chi connectivity index (χ4n) is 3.39. The third-order valence-electron chi connectivity index (χ3n) is 4.84. The molecule has 4 heterocycles. The van der Waals surface area contributed by atoms with Crippen molar-refractivity contribution in [3.05, 3.63) is 30.1 Å². The van der Waals surface area contributed by atoms with Crippen LogP contribution >= 0.6 is 0 Å². The maximum atomic E-state index is 12.6. The lowest BCUT2D eigenvalue weighted by atomic mass is 10.3. The van der Waals surface area contributed by atoms with Gasteiger partial charge in [-0.15, -0.1) is 10.2 Å². The van der Waals surface area contributed by atoms with Crippen LogP contribution in [0.2, 0.25) is 0 Å². The summed E-state index contributed by atoms with van der Waals surface area (Å²) >= 11 is 0. The molecule has 9 heteroatoms. The minimum Gasteiger partial charge on any atom is -0.338 e. The molecule has 132 valence electrons. The van der Waals surface area contributed by atoms with E-state index in [2.05, 4.69) is 34.5 Å². The number of amides is 1. The first-order chi connectivity index (χ1) is 12.2. The van der Waals surface area contributed by atoms with Crippen LogP contribution in [-0.2, 0) is 17.9 Å². The number of hydrogen-bond donors (Lipinski definition) is 0. The second-order valence-corrected chi connectivity index (χ2v) is 6.44. The Morgan fingerprint density at radius 3 is 2.56 bits per heavy atom. The van der Waals surface area contributed by atoms with Crippen LogP contribution in [0.1, 0.15) is 11.6 Å². The Morgan fingerprint density at radius 1 is 1.04 bits per heavy atom. The molecule has 25 heavy (non-hydrogen) atoms. The molecule has 0 N–H and O–H groups in total. The van der Waals surface area contributed by atoms with Crippen LogP contribution in [0, 0.1) is 6.92 Å². The van der Waals surface area contributed by atoms with E-state index in [1.165, 1.54) is 0 Å². The second kappa shape index (κ2) is 6.75. The molecule has 0 aromatic carbocycles. The molecule has 4 rings (SSSR count). The quantitative estimate of drug-likeness (QED) is 0.746. The van der Waals surface area contributed by atoms with Crippen LogP contribution in [0.15, 0.2) is 18.5 Å². The maximum absolute atomic E-state index is 12.6. The first-order valence-corrected chi connectivity index (χ1v) is 8.61. The van der Waals surface area contributed by atoms with Crippen molar-refractivity contribution in [2.75, 3.05) is 44.2 Å². The topological polar surface area (TPSA) is 83.3 Å². The van der Waals surface area contributed by atoms with E-state index in [4.69, 9.17) is 0 Å². The molecule has 1 amide bonds. The van der Waals surface area contributed by atoms with Gasteiger partial charge >= 0.3 is 0 Å². The highest BCUT2D eigenvalue weighted by Crippen LogP contribution is 2.13. The Hall–Kier alpha value is -2.55. The number of rotatable bonds is 3. The van der Waals surface area contributed by atoms with E-state index in [1.54, 1.807) is 12.4 Å². The van der Waals surface area contributed by atoms with Crippen molar-refractivity contribution < 1.29 is 4.79 Å². The average Bonchev–Trinajstić information content (AvgIpc) is 3.03. The van der Waals surface area contributed by atoms with Gasteiger partial charge in [-0.3, -0.25) is 9.69 Å². The molecule has 0 aliphatic carbocycles. The molecule has 0 radical (unpaired) electrons. The number of anilines is 1. The maximum Gasteiger partial charge on any atom is 0.236 e. The number of fused-ring (bicyclic) bond motifs is 1. The normalized spacial score (nSPS) is 18.3. The van der Waals surface area contributed by atoms with Crippen LogP contribution in [-0.4, -0.2) is 79.7 Å². The number of piperazine rings is 1. The lowest BCUT2D eigenvalue weighted by Gasteiger charge is -2.36. The van der Waals surface area contributed by atoms with Crippen LogP contribution in [0.5, 0.6) is 0 Å². The number of aromatic nitrogens is 5. The summed E-state index contributed by atoms with van der Waals surface area (Å²) in [6.45, 7) is 7.74. The zero-order valence-corrected chi connectivity index (χ0v) is 14.4. The van der Waals surface area contributed by atoms with Gasteiger partial charge in [0.05, 0.1) is 13.1 Å². The fraction of sp³-hybridized carbons (Fsp3) is 0.562. The molecule has 1 fully saturated rings. The van der Waals surface area contributed by atoms with E-state index in [9.17, 15) is 4.79 Å². The summed E-state index contributed by atoms with van der Waals surface area (Å²) in [4.78, 5) is 27.4. The molecule has 0 bridgehead atoms. The largest absolute Gasteiger partial charge is 0.338 e. The van der Waals surface area contributed by atoms with E-state index >= 15 is 0 Å². The van der Waals surface area contributed by atoms with Gasteiger partial charge in [-0.1, -0.05) is 0 Å². The minimum absolute atomic E-state index is 0.179. The molecule has 0 atom stereocenters. The molecule has 2 aliphatic heterocycles. The van der Waals surface area contributed by atoms with E-state index in [0.29, 0.717) is 26.2 Å². The van der Waals surface area contributed by atoms with E-state index in [0.717, 1.165) is 43.8 Å². The summed E-state index contributed by atoms with van der Waals surface area (Å²) in [6, 6.07) is 1.81. The smallest absolute Gasteiger partial charge is 0.236 e. The highest BCUT2D eigenvalue weighted by Gasteiger charge is 2.26. The van der Waals surface area contributed by atoms with Gasteiger partial charge in [0, 0.05) is 51.7 Å². The Morgan fingerprint density at radius 2 is 1.80 bits per heavy atom. The standard InChI is InChI=1S/C16H22N8O/c1-13-19-20-14-11-21(5-10-24(13)14)12-15(25)22-6-8-23(9-7-22)16-17-3-2-4-18-16/h2-4H,5-12H2,1H3. The zero-order chi connectivity index (χ0) is 17.2. The molecular weight excluding hydrogens is 320 g/mol. The van der Waals surface area contributed by atoms with Gasteiger partial charge in [0.25, 0.3) is 0 Å². The summed E-state index contributed by atoms with van der Waals surface area (Å²) in [5, 5.41) is 8.31. The van der Waals surface area contributed by atoms with E-state index in [1.807, 2.05) is 17.9 Å². The molecule has 1 saturated heterocycles. The van der Waals surface area contributed by atoms with Crippen LogP contribution in [0.25, 0.3) is 0 Å². The van der Waals surface area contributed by atoms with Crippen molar-refractivity contribution in [3.8, 4) is 0 Å². The number of nitrogens with zero attached hydrogens (tertiary/aromatic N) is 8. The van der Waals surface area contributed by atoms with Gasteiger partial charge in [0.15, 0.2) is 0 Å². The van der Waals surface area contributed by atoms with Crippen molar-refractivity contribution in [1.82, 2.24) is 34.5 Å². The number of carbonyl (C=O) groups is 1. The third-order valence-corrected chi connectivity index (χ3v) is 4.84. The number of carbonyl (C=O) groups excluding carboxylic acids is 1. The Kier molecular flexibility index (Phi) is 4.31. The molecule has 9 nitrogen and oxygen atoms in total. The van der Waals surface area contributed by atoms with Gasteiger partial charge in [-0.05, 0) is 13.0 Å². The van der Waals surface area contributed by atoms with Crippen LogP contribution in [0.4, 0.5) is 5.95 Å². The highest BCUT2D eigenvalue weighted by molar-refractivity contribution is 5.78. The van der Waals surface area contributed by atoms with Crippen molar-refractivity contribution >= 4 is 11.9 Å². The van der Waals surface area contributed by atoms with E-state index < -0.39 is 0 Å². The zero-order valence-electron chi connectivity index (χ0n) is 14.4. The highest BCUT2D eigenvalue weighted by atomic mass is 16.2. The van der Waals surface area contributed by atoms with Gasteiger partial charge in [0.2, 0.25) is 11.9 Å². The summed E-state index contributed by atoms with van der Waals surface area (Å²) in [5.41, 5.74) is 0. The van der Waals surface area contributed by atoms with Gasteiger partial charge in [-0.25, -0.2) is 9.97 Å². The van der Waals surface area contributed by atoms with Gasteiger partial charge < -0.3 is 14.4 Å². The number of aryl methyl sites for hydroxylation is 1. The monoisotopic (exact) mass is 342 g/mol. The SMILES string of the molecule is Cc1nnc2n1CCN(CC(=O)N1CCN(c3ncccn3)CC1)C2. The summed E-state index contributed by atoms with van der Waals surface area (Å²) in [6.07, 6.45) is 3.49. The van der Waals surface area contributed by atoms with Crippen molar-refractivity contribution in [3.63, 3.8) is 0 Å². The lowest BCUT2D eigenvalue weighted by Crippen LogP contribution is -2.52. The predicted molar refractivity (Wildman–Crippen MR) is 90.9 cm³/mol. The average molecular weight is 342 g/mol. The Bertz CT molecular complexity index is 738. The molecule has 2 aromatic rings. The molecule has 2 aliphatic rings. The van der Waals surface area contributed by atoms with Crippen molar-refractivity contribution in [2.45, 2.75) is 20.0 Å². The van der Waals surface area contributed by atoms with E-state index in [-0.39, 0.29) is 5.91 Å². The minimum atomic E-state index is 0.179. The molecule has 0 spiro atoms. The molecular formula is C16H22N8O. The molecule has 0 saturated carbocycles. The second-order valence-electron chi connectivity index (χ2n) is 6.44. The first kappa shape index (κ1) is 15.9. The van der Waals surface area contributed by atoms with Gasteiger partial charge in [0.1, 0.15) is 11.6 Å². The summed E-state index contributed by atoms with van der Waals surface area (Å²) in [7, 11) is 0. The predicted octanol–water partition coefficient (Wildman–Crippen LogP) is -0.459. The fourth-order valence-corrected chi connectivity index (χ4v) is 3.39. The van der Waals surface area contributed by atoms with Gasteiger partial charge in [-0.2, -0.15) is 0 Å². The third kappa shape index (κ3) is 3.32. The summed E-state index contributed by atoms with van der Waals surface area (Å²) < 4.78 is 2.12. The van der Waals surface area contributed by atoms with Crippen LogP contribution < -0.4 is 4.90 Å². The first-order valence-electron chi connectivity index (χ1n) is 8.61. The van der Waals surface area contributed by atoms with Crippen molar-refractivity contribution in [2.24, 2.45) is 0 Å². The summed E-state index contributed by atoms with van der Waals surface area (Å²) in [5.74, 6) is 2.81. The van der Waals surface area contributed by atoms with Crippen LogP contribution in [0.3, 0.4) is 0 Å². The molecule has 0 unspecified atom stereocenters. The lowest BCUT2D eigenvalue weighted by molar-refractivity contribution is -0.133. The Labute approximate surface area is 146 Å². The molecule has 2 aromatic heterocycles. The number of hydrogen-bond acceptors (Lipinski definition) is 7. The van der Waals surface area contributed by atoms with Crippen molar-refractivity contribution in [1.29, 1.82) is 0 Å². The Balaban J connectivity index is 1.30.